The van der Waals surface area contributed by atoms with Crippen LogP contribution in [0.3, 0.4) is 0 Å². The molecule has 0 aromatic heterocycles. The van der Waals surface area contributed by atoms with Crippen LogP contribution in [0, 0.1) is 13.8 Å². The number of benzene rings is 1. The summed E-state index contributed by atoms with van der Waals surface area (Å²) in [6.07, 6.45) is 0.629. The number of aryl methyl sites for hydroxylation is 2. The van der Waals surface area contributed by atoms with Gasteiger partial charge in [-0.05, 0) is 38.0 Å². The molecule has 1 aromatic rings. The molecule has 0 radical (unpaired) electrons. The van der Waals surface area contributed by atoms with Gasteiger partial charge in [0.25, 0.3) is 0 Å². The number of ketones is 1. The molecule has 1 amide bonds. The van der Waals surface area contributed by atoms with Gasteiger partial charge in [-0.25, -0.2) is 0 Å². The number of carbonyl (C=O) groups is 2. The van der Waals surface area contributed by atoms with Crippen molar-refractivity contribution in [3.63, 3.8) is 0 Å². The molecule has 1 atom stereocenters. The first-order chi connectivity index (χ1) is 9.97. The zero-order valence-corrected chi connectivity index (χ0v) is 13.0. The molecule has 1 heterocycles. The number of carbonyl (C=O) groups excluding carboxylic acids is 2. The highest BCUT2D eigenvalue weighted by Gasteiger charge is 2.21. The van der Waals surface area contributed by atoms with E-state index in [1.165, 1.54) is 5.56 Å². The first kappa shape index (κ1) is 15.7. The van der Waals surface area contributed by atoms with Crippen molar-refractivity contribution < 1.29 is 14.3 Å². The molecule has 0 bridgehead atoms. The highest BCUT2D eigenvalue weighted by Crippen LogP contribution is 2.14. The molecule has 2 rings (SSSR count). The molecule has 0 aliphatic carbocycles. The summed E-state index contributed by atoms with van der Waals surface area (Å²) in [6.45, 7) is 7.80. The van der Waals surface area contributed by atoms with E-state index >= 15 is 0 Å². The van der Waals surface area contributed by atoms with Crippen molar-refractivity contribution in [2.45, 2.75) is 39.7 Å². The van der Waals surface area contributed by atoms with Gasteiger partial charge in [-0.15, -0.1) is 0 Å². The summed E-state index contributed by atoms with van der Waals surface area (Å²) in [5.74, 6) is 0.0788. The third kappa shape index (κ3) is 4.14. The lowest BCUT2D eigenvalue weighted by atomic mass is 10.0. The smallest absolute Gasteiger partial charge is 0.223 e. The standard InChI is InChI=1S/C17H23NO3/c1-12-4-5-15(10-13(12)2)16(19)6-7-17(20)18-8-9-21-14(3)11-18/h4-5,10,14H,6-9,11H2,1-3H3. The lowest BCUT2D eigenvalue weighted by Gasteiger charge is -2.31. The predicted molar refractivity (Wildman–Crippen MR) is 81.5 cm³/mol. The van der Waals surface area contributed by atoms with Crippen molar-refractivity contribution >= 4 is 11.7 Å². The van der Waals surface area contributed by atoms with Crippen LogP contribution in [0.2, 0.25) is 0 Å². The van der Waals surface area contributed by atoms with Crippen molar-refractivity contribution in [2.24, 2.45) is 0 Å². The number of hydrogen-bond donors (Lipinski definition) is 0. The van der Waals surface area contributed by atoms with E-state index in [0.29, 0.717) is 25.3 Å². The molecule has 1 fully saturated rings. The van der Waals surface area contributed by atoms with Crippen molar-refractivity contribution in [3.05, 3.63) is 34.9 Å². The van der Waals surface area contributed by atoms with Crippen molar-refractivity contribution in [1.29, 1.82) is 0 Å². The lowest BCUT2D eigenvalue weighted by Crippen LogP contribution is -2.44. The normalized spacial score (nSPS) is 18.6. The second-order valence-corrected chi connectivity index (χ2v) is 5.74. The molecule has 4 heteroatoms. The Hall–Kier alpha value is -1.68. The molecule has 114 valence electrons. The molecule has 0 saturated carbocycles. The molecule has 21 heavy (non-hydrogen) atoms. The summed E-state index contributed by atoms with van der Waals surface area (Å²) >= 11 is 0. The maximum atomic E-state index is 12.2. The van der Waals surface area contributed by atoms with E-state index in [9.17, 15) is 9.59 Å². The second kappa shape index (κ2) is 6.85. The minimum atomic E-state index is 0.0350. The summed E-state index contributed by atoms with van der Waals surface area (Å²) in [7, 11) is 0. The van der Waals surface area contributed by atoms with Crippen molar-refractivity contribution in [1.82, 2.24) is 4.90 Å². The van der Waals surface area contributed by atoms with Gasteiger partial charge < -0.3 is 9.64 Å². The summed E-state index contributed by atoms with van der Waals surface area (Å²) in [4.78, 5) is 26.1. The van der Waals surface area contributed by atoms with E-state index < -0.39 is 0 Å². The van der Waals surface area contributed by atoms with Gasteiger partial charge in [0.05, 0.1) is 12.7 Å². The summed E-state index contributed by atoms with van der Waals surface area (Å²) in [5, 5.41) is 0. The van der Waals surface area contributed by atoms with E-state index in [-0.39, 0.29) is 30.6 Å². The van der Waals surface area contributed by atoms with Gasteiger partial charge in [0.15, 0.2) is 5.78 Å². The van der Waals surface area contributed by atoms with Crippen LogP contribution < -0.4 is 0 Å². The van der Waals surface area contributed by atoms with Crippen LogP contribution in [0.4, 0.5) is 0 Å². The Labute approximate surface area is 126 Å². The van der Waals surface area contributed by atoms with E-state index in [1.54, 1.807) is 4.90 Å². The fourth-order valence-corrected chi connectivity index (χ4v) is 2.48. The molecule has 1 aliphatic heterocycles. The Kier molecular flexibility index (Phi) is 5.12. The van der Waals surface area contributed by atoms with Crippen LogP contribution in [0.1, 0.15) is 41.3 Å². The second-order valence-electron chi connectivity index (χ2n) is 5.74. The molecule has 0 N–H and O–H groups in total. The van der Waals surface area contributed by atoms with Crippen LogP contribution in [0.5, 0.6) is 0 Å². The number of amides is 1. The largest absolute Gasteiger partial charge is 0.375 e. The SMILES string of the molecule is Cc1ccc(C(=O)CCC(=O)N2CCOC(C)C2)cc1C. The van der Waals surface area contributed by atoms with Crippen molar-refractivity contribution in [3.8, 4) is 0 Å². The monoisotopic (exact) mass is 289 g/mol. The van der Waals surface area contributed by atoms with Gasteiger partial charge >= 0.3 is 0 Å². The van der Waals surface area contributed by atoms with Gasteiger partial charge in [-0.1, -0.05) is 12.1 Å². The molecule has 1 aromatic carbocycles. The summed E-state index contributed by atoms with van der Waals surface area (Å²) < 4.78 is 5.42. The fourth-order valence-electron chi connectivity index (χ4n) is 2.48. The summed E-state index contributed by atoms with van der Waals surface area (Å²) in [6, 6.07) is 5.69. The number of ether oxygens (including phenoxy) is 1. The van der Waals surface area contributed by atoms with Crippen LogP contribution >= 0.6 is 0 Å². The number of hydrogen-bond acceptors (Lipinski definition) is 3. The molecular formula is C17H23NO3. The maximum Gasteiger partial charge on any atom is 0.223 e. The minimum absolute atomic E-state index is 0.0350. The highest BCUT2D eigenvalue weighted by atomic mass is 16.5. The van der Waals surface area contributed by atoms with Crippen molar-refractivity contribution in [2.75, 3.05) is 19.7 Å². The van der Waals surface area contributed by atoms with E-state index in [4.69, 9.17) is 4.74 Å². The zero-order valence-electron chi connectivity index (χ0n) is 13.0. The van der Waals surface area contributed by atoms with E-state index in [1.807, 2.05) is 39.0 Å². The van der Waals surface area contributed by atoms with E-state index in [2.05, 4.69) is 0 Å². The van der Waals surface area contributed by atoms with Crippen LogP contribution in [-0.2, 0) is 9.53 Å². The van der Waals surface area contributed by atoms with Crippen LogP contribution in [0.15, 0.2) is 18.2 Å². The Morgan fingerprint density at radius 1 is 1.24 bits per heavy atom. The number of rotatable bonds is 4. The average Bonchev–Trinajstić information content (AvgIpc) is 2.47. The molecule has 1 aliphatic rings. The Morgan fingerprint density at radius 2 is 2.00 bits per heavy atom. The first-order valence-corrected chi connectivity index (χ1v) is 7.47. The lowest BCUT2D eigenvalue weighted by molar-refractivity contribution is -0.138. The quantitative estimate of drug-likeness (QED) is 0.800. The topological polar surface area (TPSA) is 46.6 Å². The van der Waals surface area contributed by atoms with Crippen LogP contribution in [0.25, 0.3) is 0 Å². The molecular weight excluding hydrogens is 266 g/mol. The average molecular weight is 289 g/mol. The van der Waals surface area contributed by atoms with Gasteiger partial charge in [0, 0.05) is 31.5 Å². The van der Waals surface area contributed by atoms with Gasteiger partial charge in [-0.3, -0.25) is 9.59 Å². The maximum absolute atomic E-state index is 12.2. The Bertz CT molecular complexity index is 539. The molecule has 1 unspecified atom stereocenters. The fraction of sp³-hybridized carbons (Fsp3) is 0.529. The number of morpholine rings is 1. The summed E-state index contributed by atoms with van der Waals surface area (Å²) in [5.41, 5.74) is 2.97. The third-order valence-corrected chi connectivity index (χ3v) is 3.99. The van der Waals surface area contributed by atoms with Crippen LogP contribution in [-0.4, -0.2) is 42.4 Å². The Balaban J connectivity index is 1.88. The number of Topliss-reactive ketones (excluding diaryl/α,β-unsaturated/α-hetero) is 1. The highest BCUT2D eigenvalue weighted by molar-refractivity contribution is 5.98. The molecule has 0 spiro atoms. The van der Waals surface area contributed by atoms with Gasteiger partial charge in [0.2, 0.25) is 5.91 Å². The molecule has 4 nitrogen and oxygen atoms in total. The predicted octanol–water partition coefficient (Wildman–Crippen LogP) is 2.51. The number of nitrogens with zero attached hydrogens (tertiary/aromatic N) is 1. The molecule has 1 saturated heterocycles. The van der Waals surface area contributed by atoms with Gasteiger partial charge in [-0.2, -0.15) is 0 Å². The minimum Gasteiger partial charge on any atom is -0.375 e. The Morgan fingerprint density at radius 3 is 2.67 bits per heavy atom. The zero-order chi connectivity index (χ0) is 15.4. The van der Waals surface area contributed by atoms with Gasteiger partial charge in [0.1, 0.15) is 0 Å². The third-order valence-electron chi connectivity index (χ3n) is 3.99. The van der Waals surface area contributed by atoms with E-state index in [0.717, 1.165) is 5.56 Å². The first-order valence-electron chi connectivity index (χ1n) is 7.47.